The largest absolute Gasteiger partial charge is 0.479 e. The van der Waals surface area contributed by atoms with Crippen LogP contribution in [0.5, 0.6) is 0 Å². The molecule has 1 aromatic heterocycles. The molecule has 0 saturated heterocycles. The molecule has 0 radical (unpaired) electrons. The van der Waals surface area contributed by atoms with E-state index in [1.807, 2.05) is 13.8 Å². The Balaban J connectivity index is 2.42. The van der Waals surface area contributed by atoms with Crippen molar-refractivity contribution in [1.82, 2.24) is 10.2 Å². The molecule has 0 aromatic carbocycles. The molecule has 0 aliphatic rings. The number of nitrogens with zero attached hydrogens (tertiary/aromatic N) is 2. The van der Waals surface area contributed by atoms with Gasteiger partial charge in [-0.15, -0.1) is 5.10 Å². The van der Waals surface area contributed by atoms with E-state index in [9.17, 15) is 9.59 Å². The zero-order valence-electron chi connectivity index (χ0n) is 10.3. The number of carboxylic acids is 1. The van der Waals surface area contributed by atoms with Gasteiger partial charge >= 0.3 is 12.0 Å². The Bertz CT molecular complexity index is 429. The standard InChI is InChI=1S/C10H15N3O5/c1-5(2)8-12-13-10(18-8)11-7(14)4-17-6(3)9(15)16/h5-6H,4H2,1-3H3,(H,15,16)(H,11,13,14). The van der Waals surface area contributed by atoms with Crippen molar-refractivity contribution in [3.05, 3.63) is 5.89 Å². The van der Waals surface area contributed by atoms with Crippen LogP contribution >= 0.6 is 0 Å². The molecule has 8 nitrogen and oxygen atoms in total. The van der Waals surface area contributed by atoms with Crippen LogP contribution in [-0.4, -0.2) is 39.9 Å². The summed E-state index contributed by atoms with van der Waals surface area (Å²) >= 11 is 0. The van der Waals surface area contributed by atoms with Gasteiger partial charge in [-0.3, -0.25) is 10.1 Å². The number of nitrogens with one attached hydrogen (secondary N) is 1. The topological polar surface area (TPSA) is 115 Å². The molecule has 1 unspecified atom stereocenters. The first-order valence-corrected chi connectivity index (χ1v) is 5.37. The van der Waals surface area contributed by atoms with Crippen molar-refractivity contribution < 1.29 is 23.8 Å². The van der Waals surface area contributed by atoms with E-state index in [1.54, 1.807) is 0 Å². The molecule has 0 aliphatic carbocycles. The highest BCUT2D eigenvalue weighted by atomic mass is 16.5. The van der Waals surface area contributed by atoms with E-state index in [-0.39, 0.29) is 11.9 Å². The minimum atomic E-state index is -1.14. The maximum atomic E-state index is 11.4. The summed E-state index contributed by atoms with van der Waals surface area (Å²) in [5, 5.41) is 18.2. The highest BCUT2D eigenvalue weighted by Crippen LogP contribution is 2.14. The van der Waals surface area contributed by atoms with Gasteiger partial charge in [0.1, 0.15) is 6.61 Å². The highest BCUT2D eigenvalue weighted by Gasteiger charge is 2.15. The van der Waals surface area contributed by atoms with E-state index < -0.39 is 24.6 Å². The van der Waals surface area contributed by atoms with Crippen molar-refractivity contribution in [3.63, 3.8) is 0 Å². The number of rotatable bonds is 6. The van der Waals surface area contributed by atoms with Crippen LogP contribution in [0.15, 0.2) is 4.42 Å². The highest BCUT2D eigenvalue weighted by molar-refractivity contribution is 5.89. The van der Waals surface area contributed by atoms with Crippen LogP contribution in [0.3, 0.4) is 0 Å². The Morgan fingerprint density at radius 3 is 2.56 bits per heavy atom. The molecule has 1 aromatic rings. The van der Waals surface area contributed by atoms with Crippen LogP contribution in [0.25, 0.3) is 0 Å². The molecule has 18 heavy (non-hydrogen) atoms. The molecule has 1 heterocycles. The van der Waals surface area contributed by atoms with Crippen LogP contribution in [0, 0.1) is 0 Å². The smallest absolute Gasteiger partial charge is 0.332 e. The minimum absolute atomic E-state index is 0.0321. The van der Waals surface area contributed by atoms with E-state index in [0.29, 0.717) is 5.89 Å². The zero-order chi connectivity index (χ0) is 13.7. The monoisotopic (exact) mass is 257 g/mol. The average Bonchev–Trinajstić information content (AvgIpc) is 2.74. The quantitative estimate of drug-likeness (QED) is 0.767. The van der Waals surface area contributed by atoms with Crippen LogP contribution in [0.1, 0.15) is 32.6 Å². The van der Waals surface area contributed by atoms with Crippen molar-refractivity contribution in [2.24, 2.45) is 0 Å². The molecule has 0 aliphatic heterocycles. The van der Waals surface area contributed by atoms with Gasteiger partial charge in [0.2, 0.25) is 5.89 Å². The lowest BCUT2D eigenvalue weighted by Gasteiger charge is -2.06. The molecular weight excluding hydrogens is 242 g/mol. The fraction of sp³-hybridized carbons (Fsp3) is 0.600. The fourth-order valence-corrected chi connectivity index (χ4v) is 0.946. The van der Waals surface area contributed by atoms with Crippen molar-refractivity contribution in [2.45, 2.75) is 32.8 Å². The van der Waals surface area contributed by atoms with E-state index in [2.05, 4.69) is 15.5 Å². The Kier molecular flexibility index (Phi) is 4.78. The van der Waals surface area contributed by atoms with Gasteiger partial charge in [0.05, 0.1) is 0 Å². The van der Waals surface area contributed by atoms with E-state index >= 15 is 0 Å². The third-order valence-electron chi connectivity index (χ3n) is 1.99. The minimum Gasteiger partial charge on any atom is -0.479 e. The number of carbonyl (C=O) groups is 2. The molecule has 8 heteroatoms. The third kappa shape index (κ3) is 4.13. The van der Waals surface area contributed by atoms with Crippen molar-refractivity contribution in [1.29, 1.82) is 0 Å². The second-order valence-electron chi connectivity index (χ2n) is 3.94. The number of amides is 1. The molecule has 1 rings (SSSR count). The lowest BCUT2D eigenvalue weighted by molar-refractivity contribution is -0.150. The first-order valence-electron chi connectivity index (χ1n) is 5.37. The summed E-state index contributed by atoms with van der Waals surface area (Å²) in [5.74, 6) is -1.22. The molecule has 0 saturated carbocycles. The average molecular weight is 257 g/mol. The van der Waals surface area contributed by atoms with E-state index in [4.69, 9.17) is 14.3 Å². The Hall–Kier alpha value is -1.96. The van der Waals surface area contributed by atoms with E-state index in [0.717, 1.165) is 0 Å². The van der Waals surface area contributed by atoms with Crippen LogP contribution in [-0.2, 0) is 14.3 Å². The maximum Gasteiger partial charge on any atom is 0.332 e. The molecule has 0 fully saturated rings. The first kappa shape index (κ1) is 14.1. The number of aliphatic carboxylic acids is 1. The van der Waals surface area contributed by atoms with Gasteiger partial charge in [-0.1, -0.05) is 18.9 Å². The lowest BCUT2D eigenvalue weighted by atomic mass is 10.2. The van der Waals surface area contributed by atoms with Gasteiger partial charge in [0.15, 0.2) is 6.10 Å². The fourth-order valence-electron chi connectivity index (χ4n) is 0.946. The Morgan fingerprint density at radius 1 is 1.39 bits per heavy atom. The van der Waals surface area contributed by atoms with E-state index in [1.165, 1.54) is 6.92 Å². The third-order valence-corrected chi connectivity index (χ3v) is 1.99. The van der Waals surface area contributed by atoms with Gasteiger partial charge in [-0.2, -0.15) is 0 Å². The summed E-state index contributed by atoms with van der Waals surface area (Å²) in [6.45, 7) is 4.68. The van der Waals surface area contributed by atoms with Crippen molar-refractivity contribution in [2.75, 3.05) is 11.9 Å². The number of hydrogen-bond donors (Lipinski definition) is 2. The summed E-state index contributed by atoms with van der Waals surface area (Å²) in [6.07, 6.45) is -1.05. The Morgan fingerprint density at radius 2 is 2.06 bits per heavy atom. The second kappa shape index (κ2) is 6.10. The number of anilines is 1. The predicted octanol–water partition coefficient (Wildman–Crippen LogP) is 0.621. The summed E-state index contributed by atoms with van der Waals surface area (Å²) in [5.41, 5.74) is 0. The zero-order valence-corrected chi connectivity index (χ0v) is 10.3. The van der Waals surface area contributed by atoms with Gasteiger partial charge in [-0.25, -0.2) is 4.79 Å². The molecule has 100 valence electrons. The van der Waals surface area contributed by atoms with Crippen molar-refractivity contribution in [3.8, 4) is 0 Å². The van der Waals surface area contributed by atoms with Crippen molar-refractivity contribution >= 4 is 17.9 Å². The number of ether oxygens (including phenoxy) is 1. The molecule has 1 amide bonds. The summed E-state index contributed by atoms with van der Waals surface area (Å²) in [4.78, 5) is 21.8. The first-order chi connectivity index (χ1) is 8.40. The summed E-state index contributed by atoms with van der Waals surface area (Å²) < 4.78 is 9.93. The predicted molar refractivity (Wildman–Crippen MR) is 60.1 cm³/mol. The molecular formula is C10H15N3O5. The van der Waals surface area contributed by atoms with Crippen LogP contribution in [0.2, 0.25) is 0 Å². The van der Waals surface area contributed by atoms with Crippen LogP contribution in [0.4, 0.5) is 6.01 Å². The number of carbonyl (C=O) groups excluding carboxylic acids is 1. The molecule has 0 bridgehead atoms. The maximum absolute atomic E-state index is 11.4. The second-order valence-corrected chi connectivity index (χ2v) is 3.94. The van der Waals surface area contributed by atoms with Crippen LogP contribution < -0.4 is 5.32 Å². The molecule has 2 N–H and O–H groups in total. The summed E-state index contributed by atoms with van der Waals surface area (Å²) in [7, 11) is 0. The number of carboxylic acid groups (broad SMARTS) is 1. The molecule has 0 spiro atoms. The van der Waals surface area contributed by atoms with Gasteiger partial charge < -0.3 is 14.3 Å². The summed E-state index contributed by atoms with van der Waals surface area (Å²) in [6, 6.07) is -0.0321. The Labute approximate surface area is 103 Å². The van der Waals surface area contributed by atoms with Gasteiger partial charge in [0, 0.05) is 5.92 Å². The SMILES string of the molecule is CC(OCC(=O)Nc1nnc(C(C)C)o1)C(=O)O. The molecule has 1 atom stereocenters. The number of aromatic nitrogens is 2. The van der Waals surface area contributed by atoms with Gasteiger partial charge in [0.25, 0.3) is 5.91 Å². The lowest BCUT2D eigenvalue weighted by Crippen LogP contribution is -2.26. The normalized spacial score (nSPS) is 12.4. The number of hydrogen-bond acceptors (Lipinski definition) is 6. The van der Waals surface area contributed by atoms with Gasteiger partial charge in [-0.05, 0) is 6.92 Å².